The largest absolute Gasteiger partial charge is 0.439 e. The van der Waals surface area contributed by atoms with Crippen molar-refractivity contribution in [2.24, 2.45) is 0 Å². The van der Waals surface area contributed by atoms with Crippen LogP contribution < -0.4 is 4.74 Å². The SMILES string of the molecule is Cc1ccnc(Oc2cccc(-c3ccc4c(c3)C(C)(c3ncccc3C)c3ccccc3-4)c2)c1. The Balaban J connectivity index is 1.47. The number of nitrogens with zero attached hydrogens (tertiary/aromatic N) is 2. The number of fused-ring (bicyclic) bond motifs is 3. The van der Waals surface area contributed by atoms with Gasteiger partial charge in [-0.25, -0.2) is 4.98 Å². The van der Waals surface area contributed by atoms with E-state index in [1.165, 1.54) is 27.8 Å². The summed E-state index contributed by atoms with van der Waals surface area (Å²) < 4.78 is 6.07. The molecule has 0 bridgehead atoms. The molecule has 1 aliphatic rings. The lowest BCUT2D eigenvalue weighted by Crippen LogP contribution is -2.25. The van der Waals surface area contributed by atoms with E-state index in [4.69, 9.17) is 9.72 Å². The molecule has 0 spiro atoms. The van der Waals surface area contributed by atoms with Crippen molar-refractivity contribution in [3.63, 3.8) is 0 Å². The summed E-state index contributed by atoms with van der Waals surface area (Å²) in [4.78, 5) is 9.21. The first-order valence-electron chi connectivity index (χ1n) is 11.9. The number of aryl methyl sites for hydroxylation is 2. The van der Waals surface area contributed by atoms with Crippen LogP contribution in [0.5, 0.6) is 11.6 Å². The fourth-order valence-corrected chi connectivity index (χ4v) is 5.36. The molecule has 0 fully saturated rings. The number of ether oxygens (including phenoxy) is 1. The lowest BCUT2D eigenvalue weighted by molar-refractivity contribution is 0.462. The minimum Gasteiger partial charge on any atom is -0.439 e. The first kappa shape index (κ1) is 21.3. The maximum Gasteiger partial charge on any atom is 0.219 e. The molecule has 6 rings (SSSR count). The lowest BCUT2D eigenvalue weighted by atomic mass is 9.75. The second-order valence-corrected chi connectivity index (χ2v) is 9.40. The van der Waals surface area contributed by atoms with Crippen LogP contribution in [0.25, 0.3) is 22.3 Å². The number of rotatable bonds is 4. The number of hydrogen-bond acceptors (Lipinski definition) is 3. The Kier molecular flexibility index (Phi) is 5.00. The lowest BCUT2D eigenvalue weighted by Gasteiger charge is -2.28. The van der Waals surface area contributed by atoms with Crippen molar-refractivity contribution in [2.75, 3.05) is 0 Å². The normalized spacial score (nSPS) is 16.0. The van der Waals surface area contributed by atoms with Crippen LogP contribution in [0.4, 0.5) is 0 Å². The van der Waals surface area contributed by atoms with Crippen molar-refractivity contribution < 1.29 is 4.74 Å². The van der Waals surface area contributed by atoms with E-state index in [0.717, 1.165) is 28.1 Å². The second kappa shape index (κ2) is 8.21. The Hall–Kier alpha value is -4.24. The molecule has 0 aliphatic heterocycles. The Bertz CT molecular complexity index is 1570. The van der Waals surface area contributed by atoms with E-state index in [1.807, 2.05) is 43.5 Å². The standard InChI is InChI=1S/C32H26N2O/c1-21-15-17-33-30(18-21)35-25-10-6-9-23(19-25)24-13-14-27-26-11-4-5-12-28(26)32(3,29(27)20-24)31-22(2)8-7-16-34-31/h4-20H,1-3H3. The molecule has 2 heterocycles. The zero-order chi connectivity index (χ0) is 24.0. The van der Waals surface area contributed by atoms with Gasteiger partial charge < -0.3 is 4.74 Å². The average Bonchev–Trinajstić information content (AvgIpc) is 3.13. The van der Waals surface area contributed by atoms with Crippen LogP contribution in [0.3, 0.4) is 0 Å². The molecule has 0 saturated heterocycles. The highest BCUT2D eigenvalue weighted by atomic mass is 16.5. The third-order valence-corrected chi connectivity index (χ3v) is 7.08. The quantitative estimate of drug-likeness (QED) is 0.277. The van der Waals surface area contributed by atoms with Gasteiger partial charge in [0, 0.05) is 18.5 Å². The summed E-state index contributed by atoms with van der Waals surface area (Å²) in [7, 11) is 0. The van der Waals surface area contributed by atoms with Gasteiger partial charge in [0.05, 0.1) is 11.1 Å². The number of pyridine rings is 2. The fourth-order valence-electron chi connectivity index (χ4n) is 5.36. The zero-order valence-corrected chi connectivity index (χ0v) is 20.1. The molecule has 0 N–H and O–H groups in total. The maximum absolute atomic E-state index is 6.07. The van der Waals surface area contributed by atoms with Crippen molar-refractivity contribution in [1.82, 2.24) is 9.97 Å². The Morgan fingerprint density at radius 3 is 2.34 bits per heavy atom. The molecule has 3 nitrogen and oxygen atoms in total. The average molecular weight is 455 g/mol. The van der Waals surface area contributed by atoms with Gasteiger partial charge in [-0.3, -0.25) is 4.98 Å². The summed E-state index contributed by atoms with van der Waals surface area (Å²) in [6.45, 7) is 6.49. The third kappa shape index (κ3) is 3.52. The fraction of sp³-hybridized carbons (Fsp3) is 0.125. The topological polar surface area (TPSA) is 35.0 Å². The number of hydrogen-bond donors (Lipinski definition) is 0. The Labute approximate surface area is 206 Å². The van der Waals surface area contributed by atoms with Gasteiger partial charge in [0.15, 0.2) is 0 Å². The van der Waals surface area contributed by atoms with Crippen molar-refractivity contribution in [3.05, 3.63) is 131 Å². The maximum atomic E-state index is 6.07. The third-order valence-electron chi connectivity index (χ3n) is 7.08. The number of benzene rings is 3. The molecule has 170 valence electrons. The molecule has 35 heavy (non-hydrogen) atoms. The van der Waals surface area contributed by atoms with Gasteiger partial charge in [0.25, 0.3) is 0 Å². The van der Waals surface area contributed by atoms with Crippen LogP contribution >= 0.6 is 0 Å². The van der Waals surface area contributed by atoms with Crippen LogP contribution in [0.15, 0.2) is 103 Å². The molecule has 3 aromatic carbocycles. The summed E-state index contributed by atoms with van der Waals surface area (Å²) >= 11 is 0. The summed E-state index contributed by atoms with van der Waals surface area (Å²) in [6.07, 6.45) is 3.67. The molecule has 1 unspecified atom stereocenters. The molecule has 5 aromatic rings. The molecular weight excluding hydrogens is 428 g/mol. The van der Waals surface area contributed by atoms with Crippen LogP contribution in [0.1, 0.15) is 34.9 Å². The van der Waals surface area contributed by atoms with E-state index in [9.17, 15) is 0 Å². The molecule has 0 amide bonds. The molecular formula is C32H26N2O. The highest BCUT2D eigenvalue weighted by Crippen LogP contribution is 2.53. The minimum absolute atomic E-state index is 0.327. The second-order valence-electron chi connectivity index (χ2n) is 9.40. The summed E-state index contributed by atoms with van der Waals surface area (Å²) in [5.41, 5.74) is 10.5. The van der Waals surface area contributed by atoms with Crippen molar-refractivity contribution in [2.45, 2.75) is 26.2 Å². The van der Waals surface area contributed by atoms with Gasteiger partial charge >= 0.3 is 0 Å². The first-order valence-corrected chi connectivity index (χ1v) is 11.9. The summed E-state index contributed by atoms with van der Waals surface area (Å²) in [5, 5.41) is 0. The van der Waals surface area contributed by atoms with Gasteiger partial charge in [-0.15, -0.1) is 0 Å². The van der Waals surface area contributed by atoms with Gasteiger partial charge in [0.1, 0.15) is 5.75 Å². The summed E-state index contributed by atoms with van der Waals surface area (Å²) in [6, 6.07) is 31.8. The van der Waals surface area contributed by atoms with E-state index in [1.54, 1.807) is 6.20 Å². The first-order chi connectivity index (χ1) is 17.0. The van der Waals surface area contributed by atoms with Crippen molar-refractivity contribution >= 4 is 0 Å². The predicted octanol–water partition coefficient (Wildman–Crippen LogP) is 7.89. The van der Waals surface area contributed by atoms with E-state index < -0.39 is 0 Å². The van der Waals surface area contributed by atoms with Crippen LogP contribution in [0.2, 0.25) is 0 Å². The van der Waals surface area contributed by atoms with Crippen LogP contribution in [-0.2, 0) is 5.41 Å². The van der Waals surface area contributed by atoms with Gasteiger partial charge in [-0.2, -0.15) is 0 Å². The van der Waals surface area contributed by atoms with E-state index in [-0.39, 0.29) is 5.41 Å². The van der Waals surface area contributed by atoms with Crippen molar-refractivity contribution in [3.8, 4) is 33.9 Å². The monoisotopic (exact) mass is 454 g/mol. The predicted molar refractivity (Wildman–Crippen MR) is 141 cm³/mol. The Morgan fingerprint density at radius 1 is 0.657 bits per heavy atom. The molecule has 1 aliphatic carbocycles. The minimum atomic E-state index is -0.327. The molecule has 0 saturated carbocycles. The highest BCUT2D eigenvalue weighted by molar-refractivity contribution is 5.85. The molecule has 2 aromatic heterocycles. The Morgan fingerprint density at radius 2 is 1.49 bits per heavy atom. The smallest absolute Gasteiger partial charge is 0.219 e. The van der Waals surface area contributed by atoms with Crippen LogP contribution in [-0.4, -0.2) is 9.97 Å². The van der Waals surface area contributed by atoms with Gasteiger partial charge in [-0.05, 0) is 95.6 Å². The molecule has 3 heteroatoms. The van der Waals surface area contributed by atoms with Gasteiger partial charge in [0.2, 0.25) is 5.88 Å². The van der Waals surface area contributed by atoms with Gasteiger partial charge in [-0.1, -0.05) is 54.6 Å². The number of aromatic nitrogens is 2. The molecule has 1 atom stereocenters. The van der Waals surface area contributed by atoms with E-state index in [0.29, 0.717) is 5.88 Å². The molecule has 0 radical (unpaired) electrons. The zero-order valence-electron chi connectivity index (χ0n) is 20.1. The van der Waals surface area contributed by atoms with E-state index in [2.05, 4.69) is 79.5 Å². The van der Waals surface area contributed by atoms with E-state index >= 15 is 0 Å². The van der Waals surface area contributed by atoms with Crippen LogP contribution in [0, 0.1) is 13.8 Å². The summed E-state index contributed by atoms with van der Waals surface area (Å²) in [5.74, 6) is 1.37. The highest BCUT2D eigenvalue weighted by Gasteiger charge is 2.42. The van der Waals surface area contributed by atoms with Crippen molar-refractivity contribution in [1.29, 1.82) is 0 Å².